The normalized spacial score (nSPS) is 13.8. The summed E-state index contributed by atoms with van der Waals surface area (Å²) >= 11 is 0. The van der Waals surface area contributed by atoms with Gasteiger partial charge in [-0.15, -0.1) is 13.2 Å². The number of nitrogens with zero attached hydrogens (tertiary/aromatic N) is 2. The van der Waals surface area contributed by atoms with Gasteiger partial charge in [-0.1, -0.05) is 18.2 Å². The zero-order valence-corrected chi connectivity index (χ0v) is 15.6. The lowest BCUT2D eigenvalue weighted by atomic mass is 10.1. The number of hydrogen-bond donors (Lipinski definition) is 1. The Morgan fingerprint density at radius 1 is 0.933 bits per heavy atom. The maximum absolute atomic E-state index is 12.5. The van der Waals surface area contributed by atoms with Gasteiger partial charge in [-0.05, 0) is 60.2 Å². The molecule has 1 aliphatic heterocycles. The molecule has 1 aliphatic rings. The van der Waals surface area contributed by atoms with Gasteiger partial charge in [0.1, 0.15) is 11.6 Å². The van der Waals surface area contributed by atoms with Crippen molar-refractivity contribution in [3.05, 3.63) is 90.1 Å². The Bertz CT molecular complexity index is 1240. The molecule has 4 aromatic rings. The molecule has 0 unspecified atom stereocenters. The number of aromatic amines is 1. The molecular weight excluding hydrogens is 391 g/mol. The number of fused-ring (bicyclic) bond motifs is 2. The first-order valence-corrected chi connectivity index (χ1v) is 9.34. The third kappa shape index (κ3) is 3.50. The van der Waals surface area contributed by atoms with Crippen LogP contribution in [0, 0.1) is 0 Å². The molecular formula is C23H16F3N3O. The number of anilines is 1. The molecule has 0 aliphatic carbocycles. The van der Waals surface area contributed by atoms with E-state index in [0.29, 0.717) is 6.54 Å². The van der Waals surface area contributed by atoms with Crippen LogP contribution < -0.4 is 9.64 Å². The van der Waals surface area contributed by atoms with Gasteiger partial charge in [-0.25, -0.2) is 4.99 Å². The minimum absolute atomic E-state index is 0.254. The van der Waals surface area contributed by atoms with Crippen molar-refractivity contribution in [1.82, 2.24) is 4.98 Å². The molecule has 0 atom stereocenters. The van der Waals surface area contributed by atoms with Crippen LogP contribution in [-0.2, 0) is 6.54 Å². The quantitative estimate of drug-likeness (QED) is 0.442. The van der Waals surface area contributed by atoms with Gasteiger partial charge >= 0.3 is 6.36 Å². The minimum Gasteiger partial charge on any atom is -0.406 e. The number of hydrogen-bond acceptors (Lipinski definition) is 3. The van der Waals surface area contributed by atoms with E-state index in [0.717, 1.165) is 39.2 Å². The molecule has 2 heterocycles. The van der Waals surface area contributed by atoms with Crippen LogP contribution in [0.5, 0.6) is 5.75 Å². The summed E-state index contributed by atoms with van der Waals surface area (Å²) in [6.45, 7) is 0.555. The van der Waals surface area contributed by atoms with Crippen LogP contribution in [0.25, 0.3) is 10.9 Å². The number of rotatable bonds is 3. The molecule has 1 N–H and O–H groups in total. The van der Waals surface area contributed by atoms with Gasteiger partial charge in [0, 0.05) is 28.4 Å². The molecule has 0 radical (unpaired) electrons. The van der Waals surface area contributed by atoms with Crippen molar-refractivity contribution >= 4 is 28.1 Å². The van der Waals surface area contributed by atoms with Crippen molar-refractivity contribution in [2.75, 3.05) is 4.90 Å². The standard InChI is InChI=1S/C23H16F3N3O/c24-23(25,26)30-19-8-6-18(7-9-19)29-14-17-3-1-2-4-21(17)28-22(29)16-5-10-20-15(13-16)11-12-27-20/h1-13,27H,14H2. The summed E-state index contributed by atoms with van der Waals surface area (Å²) in [6.07, 6.45) is -2.84. The molecule has 1 aromatic heterocycles. The van der Waals surface area contributed by atoms with Gasteiger partial charge in [0.2, 0.25) is 0 Å². The Morgan fingerprint density at radius 3 is 2.53 bits per heavy atom. The van der Waals surface area contributed by atoms with Crippen LogP contribution >= 0.6 is 0 Å². The van der Waals surface area contributed by atoms with Gasteiger partial charge in [0.15, 0.2) is 0 Å². The molecule has 0 bridgehead atoms. The summed E-state index contributed by atoms with van der Waals surface area (Å²) in [4.78, 5) is 10.0. The minimum atomic E-state index is -4.72. The van der Waals surface area contributed by atoms with Crippen LogP contribution in [0.15, 0.2) is 84.0 Å². The highest BCUT2D eigenvalue weighted by molar-refractivity contribution is 6.13. The monoisotopic (exact) mass is 407 g/mol. The average molecular weight is 407 g/mol. The Labute approximate surface area is 170 Å². The Kier molecular flexibility index (Phi) is 4.24. The molecule has 0 fully saturated rings. The average Bonchev–Trinajstić information content (AvgIpc) is 3.20. The highest BCUT2D eigenvalue weighted by Crippen LogP contribution is 2.33. The molecule has 3 aromatic carbocycles. The fraction of sp³-hybridized carbons (Fsp3) is 0.0870. The molecule has 5 rings (SSSR count). The molecule has 0 spiro atoms. The number of alkyl halides is 3. The number of benzene rings is 3. The lowest BCUT2D eigenvalue weighted by Gasteiger charge is -2.31. The molecule has 150 valence electrons. The number of aliphatic imine (C=N–C) groups is 1. The van der Waals surface area contributed by atoms with E-state index in [1.54, 1.807) is 12.1 Å². The summed E-state index contributed by atoms with van der Waals surface area (Å²) in [5, 5.41) is 1.06. The van der Waals surface area contributed by atoms with Crippen LogP contribution in [-0.4, -0.2) is 17.2 Å². The molecule has 30 heavy (non-hydrogen) atoms. The van der Waals surface area contributed by atoms with Crippen molar-refractivity contribution < 1.29 is 17.9 Å². The van der Waals surface area contributed by atoms with E-state index in [4.69, 9.17) is 4.99 Å². The van der Waals surface area contributed by atoms with Crippen molar-refractivity contribution in [2.24, 2.45) is 4.99 Å². The number of aromatic nitrogens is 1. The first-order chi connectivity index (χ1) is 14.5. The smallest absolute Gasteiger partial charge is 0.406 e. The second kappa shape index (κ2) is 6.95. The van der Waals surface area contributed by atoms with Crippen molar-refractivity contribution in [3.8, 4) is 5.75 Å². The first kappa shape index (κ1) is 18.3. The third-order valence-corrected chi connectivity index (χ3v) is 5.00. The van der Waals surface area contributed by atoms with E-state index in [2.05, 4.69) is 9.72 Å². The number of H-pyrrole nitrogens is 1. The maximum atomic E-state index is 12.5. The summed E-state index contributed by atoms with van der Waals surface area (Å²) in [5.41, 5.74) is 4.60. The lowest BCUT2D eigenvalue weighted by Crippen LogP contribution is -2.33. The van der Waals surface area contributed by atoms with Crippen LogP contribution in [0.1, 0.15) is 11.1 Å². The summed E-state index contributed by atoms with van der Waals surface area (Å²) < 4.78 is 41.5. The molecule has 7 heteroatoms. The fourth-order valence-corrected chi connectivity index (χ4v) is 3.63. The zero-order valence-electron chi connectivity index (χ0n) is 15.6. The molecule has 0 amide bonds. The number of ether oxygens (including phenoxy) is 1. The van der Waals surface area contributed by atoms with E-state index in [9.17, 15) is 13.2 Å². The van der Waals surface area contributed by atoms with Crippen LogP contribution in [0.4, 0.5) is 24.5 Å². The van der Waals surface area contributed by atoms with Gasteiger partial charge < -0.3 is 14.6 Å². The number of halogens is 3. The molecule has 0 saturated heterocycles. The van der Waals surface area contributed by atoms with E-state index in [1.165, 1.54) is 12.1 Å². The first-order valence-electron chi connectivity index (χ1n) is 9.34. The molecule has 4 nitrogen and oxygen atoms in total. The van der Waals surface area contributed by atoms with E-state index >= 15 is 0 Å². The van der Waals surface area contributed by atoms with Crippen LogP contribution in [0.2, 0.25) is 0 Å². The van der Waals surface area contributed by atoms with Gasteiger partial charge in [-0.3, -0.25) is 0 Å². The summed E-state index contributed by atoms with van der Waals surface area (Å²) in [5.74, 6) is 0.484. The van der Waals surface area contributed by atoms with Gasteiger partial charge in [0.05, 0.1) is 12.2 Å². The number of amidine groups is 1. The van der Waals surface area contributed by atoms with E-state index in [1.807, 2.05) is 59.6 Å². The van der Waals surface area contributed by atoms with Crippen LogP contribution in [0.3, 0.4) is 0 Å². The predicted molar refractivity (Wildman–Crippen MR) is 110 cm³/mol. The van der Waals surface area contributed by atoms with Gasteiger partial charge in [-0.2, -0.15) is 0 Å². The van der Waals surface area contributed by atoms with Crippen molar-refractivity contribution in [1.29, 1.82) is 0 Å². The third-order valence-electron chi connectivity index (χ3n) is 5.00. The van der Waals surface area contributed by atoms with Crippen molar-refractivity contribution in [3.63, 3.8) is 0 Å². The second-order valence-corrected chi connectivity index (χ2v) is 6.97. The summed E-state index contributed by atoms with van der Waals surface area (Å²) in [7, 11) is 0. The SMILES string of the molecule is FC(F)(F)Oc1ccc(N2Cc3ccccc3N=C2c2ccc3[nH]ccc3c2)cc1. The Hall–Kier alpha value is -3.74. The molecule has 0 saturated carbocycles. The fourth-order valence-electron chi connectivity index (χ4n) is 3.63. The Balaban J connectivity index is 1.57. The number of nitrogens with one attached hydrogen (secondary N) is 1. The maximum Gasteiger partial charge on any atom is 0.573 e. The highest BCUT2D eigenvalue weighted by atomic mass is 19.4. The Morgan fingerprint density at radius 2 is 1.73 bits per heavy atom. The highest BCUT2D eigenvalue weighted by Gasteiger charge is 2.31. The lowest BCUT2D eigenvalue weighted by molar-refractivity contribution is -0.274. The second-order valence-electron chi connectivity index (χ2n) is 6.97. The zero-order chi connectivity index (χ0) is 20.7. The summed E-state index contributed by atoms with van der Waals surface area (Å²) in [6, 6.07) is 21.7. The van der Waals surface area contributed by atoms with Gasteiger partial charge in [0.25, 0.3) is 0 Å². The van der Waals surface area contributed by atoms with Crippen molar-refractivity contribution in [2.45, 2.75) is 12.9 Å². The largest absolute Gasteiger partial charge is 0.573 e. The van der Waals surface area contributed by atoms with E-state index in [-0.39, 0.29) is 5.75 Å². The van der Waals surface area contributed by atoms with E-state index < -0.39 is 6.36 Å². The predicted octanol–water partition coefficient (Wildman–Crippen LogP) is 6.17. The topological polar surface area (TPSA) is 40.6 Å². The number of para-hydroxylation sites is 1.